The van der Waals surface area contributed by atoms with Crippen LogP contribution in [0.1, 0.15) is 44.2 Å². The molecule has 0 aliphatic heterocycles. The van der Waals surface area contributed by atoms with Crippen LogP contribution < -0.4 is 5.32 Å². The fourth-order valence-corrected chi connectivity index (χ4v) is 2.57. The van der Waals surface area contributed by atoms with Gasteiger partial charge >= 0.3 is 0 Å². The van der Waals surface area contributed by atoms with Crippen LogP contribution >= 0.6 is 11.6 Å². The van der Waals surface area contributed by atoms with Crippen molar-refractivity contribution in [2.45, 2.75) is 44.2 Å². The number of benzene rings is 1. The molecule has 0 bridgehead atoms. The maximum absolute atomic E-state index is 13.1. The predicted octanol–water partition coefficient (Wildman–Crippen LogP) is 2.96. The summed E-state index contributed by atoms with van der Waals surface area (Å²) in [7, 11) is 0. The van der Waals surface area contributed by atoms with Gasteiger partial charge in [-0.2, -0.15) is 0 Å². The fourth-order valence-electron chi connectivity index (χ4n) is 2.38. The Balaban J connectivity index is 2.06. The first kappa shape index (κ1) is 14.3. The molecular weight excluding hydrogens is 269 g/mol. The first-order valence-electron chi connectivity index (χ1n) is 6.41. The minimum absolute atomic E-state index is 0.0261. The van der Waals surface area contributed by atoms with E-state index in [0.717, 1.165) is 12.8 Å². The number of halogens is 2. The van der Waals surface area contributed by atoms with Gasteiger partial charge in [-0.15, -0.1) is 0 Å². The molecule has 1 aliphatic rings. The minimum Gasteiger partial charge on any atom is -0.380 e. The third kappa shape index (κ3) is 3.07. The zero-order valence-electron chi connectivity index (χ0n) is 10.7. The van der Waals surface area contributed by atoms with Gasteiger partial charge in [0.25, 0.3) is 5.91 Å². The van der Waals surface area contributed by atoms with Crippen LogP contribution in [0.3, 0.4) is 0 Å². The van der Waals surface area contributed by atoms with Crippen LogP contribution in [0, 0.1) is 5.82 Å². The highest BCUT2D eigenvalue weighted by molar-refractivity contribution is 6.30. The fraction of sp³-hybridized carbons (Fsp3) is 0.500. The number of carbonyl (C=O) groups is 1. The molecule has 0 radical (unpaired) electrons. The van der Waals surface area contributed by atoms with E-state index in [4.69, 9.17) is 11.6 Å². The van der Waals surface area contributed by atoms with E-state index in [1.165, 1.54) is 12.1 Å². The van der Waals surface area contributed by atoms with E-state index in [1.807, 2.05) is 0 Å². The number of hydrogen-bond acceptors (Lipinski definition) is 2. The minimum atomic E-state index is -1.25. The zero-order valence-corrected chi connectivity index (χ0v) is 11.5. The normalized spacial score (nSPS) is 19.2. The van der Waals surface area contributed by atoms with E-state index in [1.54, 1.807) is 13.0 Å². The third-order valence-electron chi connectivity index (χ3n) is 3.64. The molecule has 2 rings (SSSR count). The maximum Gasteiger partial charge on any atom is 0.252 e. The number of hydrogen-bond donors (Lipinski definition) is 2. The van der Waals surface area contributed by atoms with Crippen LogP contribution in [0.2, 0.25) is 5.02 Å². The molecule has 0 saturated heterocycles. The van der Waals surface area contributed by atoms with Crippen LogP contribution in [-0.2, 0) is 4.79 Å². The van der Waals surface area contributed by atoms with Gasteiger partial charge in [-0.25, -0.2) is 4.39 Å². The van der Waals surface area contributed by atoms with Crippen molar-refractivity contribution in [2.24, 2.45) is 0 Å². The Bertz CT molecular complexity index is 486. The second-order valence-corrected chi connectivity index (χ2v) is 5.51. The van der Waals surface area contributed by atoms with Crippen LogP contribution in [0.15, 0.2) is 18.2 Å². The molecule has 1 atom stereocenters. The average molecular weight is 286 g/mol. The second kappa shape index (κ2) is 5.47. The molecule has 2 N–H and O–H groups in total. The lowest BCUT2D eigenvalue weighted by atomic mass is 10.00. The Morgan fingerprint density at radius 3 is 2.68 bits per heavy atom. The SMILES string of the molecule is CC(NC(=O)C1(O)CCCC1)c1ccc(F)c(Cl)c1. The van der Waals surface area contributed by atoms with Crippen molar-refractivity contribution < 1.29 is 14.3 Å². The second-order valence-electron chi connectivity index (χ2n) is 5.11. The molecule has 19 heavy (non-hydrogen) atoms. The molecule has 0 spiro atoms. The monoisotopic (exact) mass is 285 g/mol. The van der Waals surface area contributed by atoms with Crippen LogP contribution in [0.4, 0.5) is 4.39 Å². The van der Waals surface area contributed by atoms with Gasteiger partial charge in [-0.1, -0.05) is 17.7 Å². The Morgan fingerprint density at radius 2 is 2.11 bits per heavy atom. The van der Waals surface area contributed by atoms with E-state index >= 15 is 0 Å². The first-order valence-corrected chi connectivity index (χ1v) is 6.78. The highest BCUT2D eigenvalue weighted by atomic mass is 35.5. The van der Waals surface area contributed by atoms with E-state index in [9.17, 15) is 14.3 Å². The van der Waals surface area contributed by atoms with Gasteiger partial charge in [0.2, 0.25) is 0 Å². The molecule has 5 heteroatoms. The molecule has 0 aromatic heterocycles. The van der Waals surface area contributed by atoms with Crippen molar-refractivity contribution >= 4 is 17.5 Å². The number of rotatable bonds is 3. The molecule has 1 saturated carbocycles. The number of nitrogens with one attached hydrogen (secondary N) is 1. The van der Waals surface area contributed by atoms with Gasteiger partial charge in [0.1, 0.15) is 11.4 Å². The number of amides is 1. The Labute approximate surface area is 116 Å². The van der Waals surface area contributed by atoms with Crippen molar-refractivity contribution in [2.75, 3.05) is 0 Å². The molecule has 3 nitrogen and oxygen atoms in total. The zero-order chi connectivity index (χ0) is 14.0. The third-order valence-corrected chi connectivity index (χ3v) is 3.93. The summed E-state index contributed by atoms with van der Waals surface area (Å²) in [6, 6.07) is 4.01. The van der Waals surface area contributed by atoms with Gasteiger partial charge in [0, 0.05) is 0 Å². The summed E-state index contributed by atoms with van der Waals surface area (Å²) in [6.07, 6.45) is 2.72. The highest BCUT2D eigenvalue weighted by Crippen LogP contribution is 2.30. The Hall–Kier alpha value is -1.13. The summed E-state index contributed by atoms with van der Waals surface area (Å²) in [5.74, 6) is -0.851. The van der Waals surface area contributed by atoms with E-state index < -0.39 is 11.4 Å². The van der Waals surface area contributed by atoms with Crippen molar-refractivity contribution in [3.8, 4) is 0 Å². The smallest absolute Gasteiger partial charge is 0.252 e. The van der Waals surface area contributed by atoms with E-state index in [0.29, 0.717) is 18.4 Å². The summed E-state index contributed by atoms with van der Waals surface area (Å²) in [4.78, 5) is 12.0. The summed E-state index contributed by atoms with van der Waals surface area (Å²) < 4.78 is 13.1. The van der Waals surface area contributed by atoms with Crippen molar-refractivity contribution in [3.05, 3.63) is 34.6 Å². The van der Waals surface area contributed by atoms with Crippen molar-refractivity contribution in [3.63, 3.8) is 0 Å². The van der Waals surface area contributed by atoms with Gasteiger partial charge < -0.3 is 10.4 Å². The van der Waals surface area contributed by atoms with Gasteiger partial charge in [0.15, 0.2) is 0 Å². The van der Waals surface area contributed by atoms with Crippen LogP contribution in [0.5, 0.6) is 0 Å². The lowest BCUT2D eigenvalue weighted by Crippen LogP contribution is -2.45. The lowest BCUT2D eigenvalue weighted by Gasteiger charge is -2.24. The maximum atomic E-state index is 13.1. The molecule has 1 amide bonds. The van der Waals surface area contributed by atoms with Crippen molar-refractivity contribution in [1.29, 1.82) is 0 Å². The van der Waals surface area contributed by atoms with Gasteiger partial charge in [-0.05, 0) is 50.3 Å². The van der Waals surface area contributed by atoms with E-state index in [2.05, 4.69) is 5.32 Å². The largest absolute Gasteiger partial charge is 0.380 e. The molecule has 1 aromatic rings. The average Bonchev–Trinajstić information content (AvgIpc) is 2.81. The molecule has 1 fully saturated rings. The highest BCUT2D eigenvalue weighted by Gasteiger charge is 2.39. The standard InChI is InChI=1S/C14H17ClFNO2/c1-9(10-4-5-12(16)11(15)8-10)17-13(18)14(19)6-2-3-7-14/h4-5,8-9,19H,2-3,6-7H2,1H3,(H,17,18). The molecule has 1 aromatic carbocycles. The summed E-state index contributed by atoms with van der Waals surface area (Å²) in [5.41, 5.74) is -0.542. The molecule has 0 heterocycles. The molecule has 104 valence electrons. The predicted molar refractivity (Wildman–Crippen MR) is 71.4 cm³/mol. The number of aliphatic hydroxyl groups is 1. The Kier molecular flexibility index (Phi) is 4.11. The van der Waals surface area contributed by atoms with Crippen LogP contribution in [-0.4, -0.2) is 16.6 Å². The number of carbonyl (C=O) groups excluding carboxylic acids is 1. The topological polar surface area (TPSA) is 49.3 Å². The Morgan fingerprint density at radius 1 is 1.47 bits per heavy atom. The molecule has 1 unspecified atom stereocenters. The molecular formula is C14H17ClFNO2. The van der Waals surface area contributed by atoms with Crippen LogP contribution in [0.25, 0.3) is 0 Å². The quantitative estimate of drug-likeness (QED) is 0.897. The van der Waals surface area contributed by atoms with Crippen molar-refractivity contribution in [1.82, 2.24) is 5.32 Å². The van der Waals surface area contributed by atoms with Gasteiger partial charge in [-0.3, -0.25) is 4.79 Å². The lowest BCUT2D eigenvalue weighted by molar-refractivity contribution is -0.139. The summed E-state index contributed by atoms with van der Waals surface area (Å²) in [6.45, 7) is 1.78. The molecule has 1 aliphatic carbocycles. The summed E-state index contributed by atoms with van der Waals surface area (Å²) in [5, 5.41) is 12.9. The first-order chi connectivity index (χ1) is 8.92. The van der Waals surface area contributed by atoms with Gasteiger partial charge in [0.05, 0.1) is 11.1 Å². The summed E-state index contributed by atoms with van der Waals surface area (Å²) >= 11 is 5.71. The van der Waals surface area contributed by atoms with E-state index in [-0.39, 0.29) is 17.0 Å².